The molecule has 0 aliphatic rings. The molecule has 1 N–H and O–H groups in total. The van der Waals surface area contributed by atoms with Gasteiger partial charge in [-0.2, -0.15) is 5.10 Å². The van der Waals surface area contributed by atoms with Gasteiger partial charge in [0.1, 0.15) is 0 Å². The van der Waals surface area contributed by atoms with Crippen molar-refractivity contribution in [2.24, 2.45) is 7.05 Å². The Morgan fingerprint density at radius 3 is 2.94 bits per heavy atom. The van der Waals surface area contributed by atoms with Crippen LogP contribution in [0.4, 0.5) is 5.69 Å². The Kier molecular flexibility index (Phi) is 3.82. The van der Waals surface area contributed by atoms with Crippen LogP contribution in [0.1, 0.15) is 5.69 Å². The van der Waals surface area contributed by atoms with Gasteiger partial charge in [0.15, 0.2) is 0 Å². The average molecular weight is 327 g/mol. The fourth-order valence-corrected chi connectivity index (χ4v) is 2.12. The molecule has 16 heavy (non-hydrogen) atoms. The van der Waals surface area contributed by atoms with Crippen LogP contribution in [0, 0.1) is 3.57 Å². The topological polar surface area (TPSA) is 29.9 Å². The van der Waals surface area contributed by atoms with Crippen molar-refractivity contribution in [2.45, 2.75) is 6.42 Å². The number of benzene rings is 1. The molecule has 4 heteroatoms. The first-order chi connectivity index (χ1) is 7.75. The van der Waals surface area contributed by atoms with Gasteiger partial charge in [-0.25, -0.2) is 0 Å². The molecule has 0 radical (unpaired) electrons. The quantitative estimate of drug-likeness (QED) is 0.875. The maximum absolute atomic E-state index is 4.14. The third-order valence-corrected chi connectivity index (χ3v) is 3.13. The Labute approximate surface area is 109 Å². The van der Waals surface area contributed by atoms with E-state index >= 15 is 0 Å². The highest BCUT2D eigenvalue weighted by Crippen LogP contribution is 2.12. The van der Waals surface area contributed by atoms with Crippen LogP contribution in [0.25, 0.3) is 0 Å². The molecule has 0 saturated heterocycles. The minimum absolute atomic E-state index is 0.930. The zero-order chi connectivity index (χ0) is 11.4. The average Bonchev–Trinajstić information content (AvgIpc) is 2.65. The van der Waals surface area contributed by atoms with Crippen molar-refractivity contribution in [3.05, 3.63) is 45.8 Å². The molecule has 84 valence electrons. The standard InChI is InChI=1S/C12H14IN3/c1-16-12(6-8-15-16)5-7-14-11-4-2-3-10(13)9-11/h2-4,6,8-9,14H,5,7H2,1H3. The molecule has 0 atom stereocenters. The van der Waals surface area contributed by atoms with Crippen LogP contribution < -0.4 is 5.32 Å². The summed E-state index contributed by atoms with van der Waals surface area (Å²) in [7, 11) is 1.97. The van der Waals surface area contributed by atoms with Crippen molar-refractivity contribution < 1.29 is 0 Å². The summed E-state index contributed by atoms with van der Waals surface area (Å²) in [6.45, 7) is 0.930. The van der Waals surface area contributed by atoms with E-state index in [0.717, 1.165) is 13.0 Å². The fourth-order valence-electron chi connectivity index (χ4n) is 1.58. The largest absolute Gasteiger partial charge is 0.385 e. The van der Waals surface area contributed by atoms with Gasteiger partial charge in [-0.05, 0) is 46.9 Å². The SMILES string of the molecule is Cn1nccc1CCNc1cccc(I)c1. The molecule has 0 bridgehead atoms. The minimum atomic E-state index is 0.930. The highest BCUT2D eigenvalue weighted by atomic mass is 127. The van der Waals surface area contributed by atoms with Crippen LogP contribution in [0.5, 0.6) is 0 Å². The van der Waals surface area contributed by atoms with E-state index < -0.39 is 0 Å². The summed E-state index contributed by atoms with van der Waals surface area (Å²) in [5.74, 6) is 0. The molecule has 1 aromatic carbocycles. The van der Waals surface area contributed by atoms with Gasteiger partial charge in [-0.3, -0.25) is 4.68 Å². The Morgan fingerprint density at radius 1 is 1.38 bits per heavy atom. The molecule has 1 heterocycles. The van der Waals surface area contributed by atoms with Crippen molar-refractivity contribution in [1.29, 1.82) is 0 Å². The molecule has 0 aliphatic heterocycles. The fraction of sp³-hybridized carbons (Fsp3) is 0.250. The van der Waals surface area contributed by atoms with Crippen molar-refractivity contribution in [3.8, 4) is 0 Å². The first-order valence-corrected chi connectivity index (χ1v) is 6.30. The first kappa shape index (κ1) is 11.4. The second kappa shape index (κ2) is 5.34. The molecule has 2 aromatic rings. The third-order valence-electron chi connectivity index (χ3n) is 2.46. The Hall–Kier alpha value is -1.04. The zero-order valence-corrected chi connectivity index (χ0v) is 11.3. The second-order valence-electron chi connectivity index (χ2n) is 3.63. The molecule has 0 unspecified atom stereocenters. The maximum Gasteiger partial charge on any atom is 0.0492 e. The van der Waals surface area contributed by atoms with Crippen LogP contribution >= 0.6 is 22.6 Å². The van der Waals surface area contributed by atoms with Crippen molar-refractivity contribution in [2.75, 3.05) is 11.9 Å². The number of anilines is 1. The van der Waals surface area contributed by atoms with E-state index in [0.29, 0.717) is 0 Å². The molecule has 3 nitrogen and oxygen atoms in total. The normalized spacial score (nSPS) is 10.4. The zero-order valence-electron chi connectivity index (χ0n) is 9.15. The Morgan fingerprint density at radius 2 is 2.25 bits per heavy atom. The summed E-state index contributed by atoms with van der Waals surface area (Å²) in [6.07, 6.45) is 2.82. The van der Waals surface area contributed by atoms with Crippen molar-refractivity contribution in [1.82, 2.24) is 9.78 Å². The lowest BCUT2D eigenvalue weighted by molar-refractivity contribution is 0.711. The summed E-state index contributed by atoms with van der Waals surface area (Å²) in [5, 5.41) is 7.55. The van der Waals surface area contributed by atoms with E-state index in [4.69, 9.17) is 0 Å². The number of halogens is 1. The number of nitrogens with zero attached hydrogens (tertiary/aromatic N) is 2. The van der Waals surface area contributed by atoms with E-state index in [9.17, 15) is 0 Å². The lowest BCUT2D eigenvalue weighted by atomic mass is 10.3. The third kappa shape index (κ3) is 2.98. The van der Waals surface area contributed by atoms with Crippen LogP contribution in [-0.4, -0.2) is 16.3 Å². The number of nitrogens with one attached hydrogen (secondary N) is 1. The monoisotopic (exact) mass is 327 g/mol. The van der Waals surface area contributed by atoms with Gasteiger partial charge in [0, 0.05) is 41.2 Å². The smallest absolute Gasteiger partial charge is 0.0492 e. The predicted molar refractivity (Wildman–Crippen MR) is 74.6 cm³/mol. The number of hydrogen-bond donors (Lipinski definition) is 1. The van der Waals surface area contributed by atoms with E-state index in [1.807, 2.05) is 17.9 Å². The van der Waals surface area contributed by atoms with Gasteiger partial charge in [-0.1, -0.05) is 6.07 Å². The number of rotatable bonds is 4. The highest BCUT2D eigenvalue weighted by molar-refractivity contribution is 14.1. The van der Waals surface area contributed by atoms with Crippen LogP contribution in [0.3, 0.4) is 0 Å². The molecule has 0 saturated carbocycles. The van der Waals surface area contributed by atoms with Gasteiger partial charge >= 0.3 is 0 Å². The maximum atomic E-state index is 4.14. The molecule has 0 spiro atoms. The number of aryl methyl sites for hydroxylation is 1. The van der Waals surface area contributed by atoms with Gasteiger partial charge < -0.3 is 5.32 Å². The van der Waals surface area contributed by atoms with Crippen LogP contribution in [-0.2, 0) is 13.5 Å². The Bertz CT molecular complexity index is 465. The summed E-state index contributed by atoms with van der Waals surface area (Å²) in [6, 6.07) is 10.4. The second-order valence-corrected chi connectivity index (χ2v) is 4.88. The van der Waals surface area contributed by atoms with Crippen molar-refractivity contribution in [3.63, 3.8) is 0 Å². The van der Waals surface area contributed by atoms with Crippen LogP contribution in [0.15, 0.2) is 36.5 Å². The first-order valence-electron chi connectivity index (χ1n) is 5.22. The van der Waals surface area contributed by atoms with Gasteiger partial charge in [0.2, 0.25) is 0 Å². The lowest BCUT2D eigenvalue weighted by Crippen LogP contribution is -2.08. The summed E-state index contributed by atoms with van der Waals surface area (Å²) >= 11 is 2.32. The van der Waals surface area contributed by atoms with Crippen molar-refractivity contribution >= 4 is 28.3 Å². The van der Waals surface area contributed by atoms with Crippen LogP contribution in [0.2, 0.25) is 0 Å². The van der Waals surface area contributed by atoms with Gasteiger partial charge in [0.25, 0.3) is 0 Å². The molecular formula is C12H14IN3. The predicted octanol–water partition coefficient (Wildman–Crippen LogP) is 2.68. The summed E-state index contributed by atoms with van der Waals surface area (Å²) < 4.78 is 3.17. The number of aromatic nitrogens is 2. The summed E-state index contributed by atoms with van der Waals surface area (Å²) in [4.78, 5) is 0. The molecule has 2 rings (SSSR count). The molecule has 0 amide bonds. The number of hydrogen-bond acceptors (Lipinski definition) is 2. The lowest BCUT2D eigenvalue weighted by Gasteiger charge is -2.06. The van der Waals surface area contributed by atoms with E-state index in [2.05, 4.69) is 63.3 Å². The molecule has 0 fully saturated rings. The van der Waals surface area contributed by atoms with E-state index in [1.54, 1.807) is 0 Å². The van der Waals surface area contributed by atoms with Gasteiger partial charge in [0.05, 0.1) is 0 Å². The van der Waals surface area contributed by atoms with E-state index in [1.165, 1.54) is 15.0 Å². The molecule has 1 aromatic heterocycles. The highest BCUT2D eigenvalue weighted by Gasteiger charge is 1.98. The Balaban J connectivity index is 1.87. The molecular weight excluding hydrogens is 313 g/mol. The van der Waals surface area contributed by atoms with E-state index in [-0.39, 0.29) is 0 Å². The van der Waals surface area contributed by atoms with Gasteiger partial charge in [-0.15, -0.1) is 0 Å². The molecule has 0 aliphatic carbocycles. The minimum Gasteiger partial charge on any atom is -0.385 e. The summed E-state index contributed by atoms with van der Waals surface area (Å²) in [5.41, 5.74) is 2.42.